The van der Waals surface area contributed by atoms with Gasteiger partial charge in [0.25, 0.3) is 0 Å². The lowest BCUT2D eigenvalue weighted by molar-refractivity contribution is -0.256. The maximum absolute atomic E-state index is 12.2. The van der Waals surface area contributed by atoms with Crippen molar-refractivity contribution in [2.45, 2.75) is 80.8 Å². The molecule has 36 heavy (non-hydrogen) atoms. The van der Waals surface area contributed by atoms with Gasteiger partial charge in [-0.05, 0) is 36.4 Å². The van der Waals surface area contributed by atoms with E-state index in [1.807, 2.05) is 0 Å². The number of ether oxygens (including phenoxy) is 2. The van der Waals surface area contributed by atoms with Crippen molar-refractivity contribution in [1.29, 1.82) is 0 Å². The molecule has 19 nitrogen and oxygen atoms in total. The molecule has 1 rings (SSSR count). The van der Waals surface area contributed by atoms with Crippen LogP contribution in [0.5, 0.6) is 0 Å². The van der Waals surface area contributed by atoms with Crippen molar-refractivity contribution < 1.29 is 44.9 Å². The zero-order chi connectivity index (χ0) is 27.3. The van der Waals surface area contributed by atoms with Gasteiger partial charge in [-0.1, -0.05) is 15.3 Å². The van der Waals surface area contributed by atoms with Crippen LogP contribution in [0.15, 0.2) is 15.3 Å². The Morgan fingerprint density at radius 1 is 1.11 bits per heavy atom. The highest BCUT2D eigenvalue weighted by molar-refractivity contribution is 5.80. The number of nitrogens with one attached hydrogen (secondary N) is 1. The molecule has 0 saturated heterocycles. The number of aliphatic hydroxyl groups excluding tert-OH is 6. The Kier molecular flexibility index (Phi) is 13.8. The highest BCUT2D eigenvalue weighted by atomic mass is 16.7. The molecule has 0 bridgehead atoms. The summed E-state index contributed by atoms with van der Waals surface area (Å²) in [6, 6.07) is -3.87. The third-order valence-electron chi connectivity index (χ3n) is 5.39. The quantitative estimate of drug-likeness (QED) is 0.0571. The minimum absolute atomic E-state index is 0.169. The lowest BCUT2D eigenvalue weighted by Crippen LogP contribution is -2.63. The monoisotopic (exact) mass is 518 g/mol. The first kappa shape index (κ1) is 31.1. The van der Waals surface area contributed by atoms with Crippen LogP contribution in [0.4, 0.5) is 0 Å². The maximum atomic E-state index is 12.2. The van der Waals surface area contributed by atoms with E-state index in [1.165, 1.54) is 6.92 Å². The van der Waals surface area contributed by atoms with Crippen LogP contribution in [0.2, 0.25) is 0 Å². The summed E-state index contributed by atoms with van der Waals surface area (Å²) in [7, 11) is 0. The van der Waals surface area contributed by atoms with Crippen LogP contribution in [0.1, 0.15) is 19.8 Å². The van der Waals surface area contributed by atoms with Gasteiger partial charge in [-0.25, -0.2) is 0 Å². The van der Waals surface area contributed by atoms with Crippen molar-refractivity contribution in [2.75, 3.05) is 19.8 Å². The van der Waals surface area contributed by atoms with Crippen LogP contribution in [0.25, 0.3) is 31.3 Å². The molecular weight excluding hydrogens is 488 g/mol. The van der Waals surface area contributed by atoms with Crippen molar-refractivity contribution in [3.63, 3.8) is 0 Å². The van der Waals surface area contributed by atoms with Gasteiger partial charge in [0.05, 0.1) is 37.5 Å². The minimum Gasteiger partial charge on any atom is -0.396 e. The summed E-state index contributed by atoms with van der Waals surface area (Å²) in [5, 5.41) is 72.4. The summed E-state index contributed by atoms with van der Waals surface area (Å²) < 4.78 is 11.1. The molecule has 0 spiro atoms. The standard InChI is InChI=1S/C17H30N10O9/c1-7(30)12(6-29)35-17(10(5-28)24-27-20)36-15-9(23-26-19)4-8(13(32)14(15)33)22-16(34)11(31)2-3-21-25-18/h7-15,17,28-33H,2-6H2,1H3,(H,22,34)/t7-,8+,9?,10+,11-,12?,13+,14?,15+,17+/m0/s1. The zero-order valence-corrected chi connectivity index (χ0v) is 19.2. The van der Waals surface area contributed by atoms with Crippen LogP contribution in [-0.4, -0.2) is 117 Å². The molecule has 1 aliphatic carbocycles. The molecule has 0 aromatic heterocycles. The van der Waals surface area contributed by atoms with E-state index in [-0.39, 0.29) is 19.4 Å². The fourth-order valence-electron chi connectivity index (χ4n) is 3.42. The first-order valence-corrected chi connectivity index (χ1v) is 10.8. The van der Waals surface area contributed by atoms with Gasteiger partial charge in [0.15, 0.2) is 6.29 Å². The van der Waals surface area contributed by atoms with Crippen LogP contribution in [0, 0.1) is 0 Å². The Morgan fingerprint density at radius 2 is 1.81 bits per heavy atom. The number of carbonyl (C=O) groups excluding carboxylic acids is 1. The first-order valence-electron chi connectivity index (χ1n) is 10.8. The number of azide groups is 3. The van der Waals surface area contributed by atoms with E-state index in [4.69, 9.17) is 26.1 Å². The maximum Gasteiger partial charge on any atom is 0.249 e. The van der Waals surface area contributed by atoms with Gasteiger partial charge in [0.1, 0.15) is 30.5 Å². The molecule has 0 heterocycles. The van der Waals surface area contributed by atoms with Crippen LogP contribution < -0.4 is 5.32 Å². The van der Waals surface area contributed by atoms with E-state index >= 15 is 0 Å². The lowest BCUT2D eigenvalue weighted by Gasteiger charge is -2.43. The number of rotatable bonds is 15. The van der Waals surface area contributed by atoms with Crippen LogP contribution >= 0.6 is 0 Å². The van der Waals surface area contributed by atoms with Gasteiger partial charge in [-0.2, -0.15) is 0 Å². The van der Waals surface area contributed by atoms with E-state index in [9.17, 15) is 35.4 Å². The summed E-state index contributed by atoms with van der Waals surface area (Å²) in [6.45, 7) is -0.387. The second-order valence-electron chi connectivity index (χ2n) is 7.88. The van der Waals surface area contributed by atoms with E-state index < -0.39 is 80.2 Å². The SMILES string of the molecule is C[C@H](O)C(CO)O[C@H](O[C@@H]1C(N=[N+]=[N-])C[C@@H](NC(=O)[C@@H](O)CCN=[N+]=[N-])[C@@H](O)C1O)[C@@H](CO)N=[N+]=[N-]. The Hall–Kier alpha value is -2.92. The number of amides is 1. The molecule has 1 saturated carbocycles. The molecule has 0 aromatic rings. The third-order valence-corrected chi connectivity index (χ3v) is 5.39. The number of nitrogens with zero attached hydrogens (tertiary/aromatic N) is 9. The molecule has 3 unspecified atom stereocenters. The van der Waals surface area contributed by atoms with Gasteiger partial charge in [0.2, 0.25) is 5.91 Å². The second kappa shape index (κ2) is 15.9. The molecule has 0 radical (unpaired) electrons. The second-order valence-corrected chi connectivity index (χ2v) is 7.88. The Morgan fingerprint density at radius 3 is 2.33 bits per heavy atom. The molecule has 1 amide bonds. The lowest BCUT2D eigenvalue weighted by atomic mass is 9.84. The number of hydrogen-bond donors (Lipinski definition) is 7. The van der Waals surface area contributed by atoms with Crippen molar-refractivity contribution in [3.8, 4) is 0 Å². The predicted molar refractivity (Wildman–Crippen MR) is 118 cm³/mol. The molecule has 7 N–H and O–H groups in total. The van der Waals surface area contributed by atoms with Gasteiger partial charge in [-0.3, -0.25) is 4.79 Å². The van der Waals surface area contributed by atoms with Crippen molar-refractivity contribution in [2.24, 2.45) is 15.3 Å². The minimum atomic E-state index is -1.82. The predicted octanol–water partition coefficient (Wildman–Crippen LogP) is -1.52. The normalized spacial score (nSPS) is 27.7. The van der Waals surface area contributed by atoms with E-state index in [0.717, 1.165) is 0 Å². The Labute approximate surface area is 204 Å². The fourth-order valence-corrected chi connectivity index (χ4v) is 3.42. The third kappa shape index (κ3) is 8.94. The van der Waals surface area contributed by atoms with Gasteiger partial charge in [0, 0.05) is 21.3 Å². The molecule has 1 aliphatic rings. The summed E-state index contributed by atoms with van der Waals surface area (Å²) in [5.41, 5.74) is 26.0. The van der Waals surface area contributed by atoms with Gasteiger partial charge in [-0.15, -0.1) is 0 Å². The number of carbonyl (C=O) groups is 1. The number of hydrogen-bond acceptors (Lipinski definition) is 12. The van der Waals surface area contributed by atoms with Crippen molar-refractivity contribution in [3.05, 3.63) is 31.3 Å². The molecule has 202 valence electrons. The summed E-state index contributed by atoms with van der Waals surface area (Å²) >= 11 is 0. The fraction of sp³-hybridized carbons (Fsp3) is 0.941. The van der Waals surface area contributed by atoms with Crippen LogP contribution in [-0.2, 0) is 14.3 Å². The van der Waals surface area contributed by atoms with Crippen LogP contribution in [0.3, 0.4) is 0 Å². The van der Waals surface area contributed by atoms with E-state index in [0.29, 0.717) is 0 Å². The largest absolute Gasteiger partial charge is 0.396 e. The summed E-state index contributed by atoms with van der Waals surface area (Å²) in [6.07, 6.45) is -11.3. The smallest absolute Gasteiger partial charge is 0.249 e. The van der Waals surface area contributed by atoms with Gasteiger partial charge >= 0.3 is 0 Å². The highest BCUT2D eigenvalue weighted by Crippen LogP contribution is 2.29. The number of aliphatic hydroxyl groups is 6. The Balaban J connectivity index is 3.14. The molecule has 0 aromatic carbocycles. The molecule has 1 fully saturated rings. The van der Waals surface area contributed by atoms with E-state index in [2.05, 4.69) is 35.4 Å². The average molecular weight is 518 g/mol. The average Bonchev–Trinajstić information content (AvgIpc) is 2.85. The topological polar surface area (TPSA) is 315 Å². The highest BCUT2D eigenvalue weighted by Gasteiger charge is 2.46. The first-order chi connectivity index (χ1) is 17.1. The van der Waals surface area contributed by atoms with E-state index in [1.54, 1.807) is 0 Å². The molecular formula is C17H30N10O9. The Bertz CT molecular complexity index is 847. The molecule has 19 heteroatoms. The van der Waals surface area contributed by atoms with Gasteiger partial charge < -0.3 is 45.4 Å². The molecule has 10 atom stereocenters. The molecule has 0 aliphatic heterocycles. The van der Waals surface area contributed by atoms with Crippen molar-refractivity contribution in [1.82, 2.24) is 5.32 Å². The summed E-state index contributed by atoms with van der Waals surface area (Å²) in [5.74, 6) is -0.939. The zero-order valence-electron chi connectivity index (χ0n) is 19.2. The van der Waals surface area contributed by atoms with Crippen molar-refractivity contribution >= 4 is 5.91 Å². The summed E-state index contributed by atoms with van der Waals surface area (Å²) in [4.78, 5) is 20.0.